The minimum atomic E-state index is -1.84. The molecule has 3 N–H and O–H groups in total. The van der Waals surface area contributed by atoms with Crippen LogP contribution < -0.4 is 0 Å². The predicted molar refractivity (Wildman–Crippen MR) is 332 cm³/mol. The van der Waals surface area contributed by atoms with E-state index in [0.717, 1.165) is 47.1 Å². The summed E-state index contributed by atoms with van der Waals surface area (Å²) >= 11 is 0. The molecule has 1 aromatic carbocycles. The molecular weight excluding hydrogens is 1140 g/mol. The maximum absolute atomic E-state index is 14.3. The molecule has 89 heavy (non-hydrogen) atoms. The summed E-state index contributed by atoms with van der Waals surface area (Å²) in [7, 11) is 3.22. The molecule has 1 saturated carbocycles. The molecule has 0 radical (unpaired) electrons. The van der Waals surface area contributed by atoms with Gasteiger partial charge < -0.3 is 72.2 Å². The normalized spacial score (nSPS) is 40.0. The van der Waals surface area contributed by atoms with Crippen molar-refractivity contribution < 1.29 is 86.5 Å². The number of rotatable bonds is 11. The van der Waals surface area contributed by atoms with Crippen molar-refractivity contribution >= 4 is 23.5 Å². The van der Waals surface area contributed by atoms with Crippen molar-refractivity contribution in [2.45, 2.75) is 270 Å². The predicted octanol–water partition coefficient (Wildman–Crippen LogP) is 10.5. The highest BCUT2D eigenvalue weighted by Gasteiger charge is 2.60. The van der Waals surface area contributed by atoms with Gasteiger partial charge in [0.2, 0.25) is 0 Å². The number of hydrogen-bond donors (Lipinski definition) is 3. The number of aliphatic hydroxyl groups excluding tert-OH is 2. The van der Waals surface area contributed by atoms with Gasteiger partial charge in [-0.2, -0.15) is 0 Å². The minimum absolute atomic E-state index is 0.0317. The van der Waals surface area contributed by atoms with Crippen LogP contribution in [0.4, 0.5) is 0 Å². The quantitative estimate of drug-likeness (QED) is 0.106. The molecule has 0 unspecified atom stereocenters. The molecule has 0 amide bonds. The lowest BCUT2D eigenvalue weighted by atomic mass is 9.71. The van der Waals surface area contributed by atoms with Crippen molar-refractivity contribution in [3.63, 3.8) is 0 Å². The number of methoxy groups -OCH3 is 2. The van der Waals surface area contributed by atoms with Gasteiger partial charge in [-0.05, 0) is 131 Å². The number of fused-ring (bicyclic) bond motifs is 2. The number of esters is 3. The van der Waals surface area contributed by atoms with E-state index >= 15 is 0 Å². The van der Waals surface area contributed by atoms with Gasteiger partial charge in [-0.25, -0.2) is 4.79 Å². The monoisotopic (exact) mass is 1240 g/mol. The van der Waals surface area contributed by atoms with E-state index in [1.54, 1.807) is 40.2 Å². The molecule has 18 heteroatoms. The zero-order chi connectivity index (χ0) is 64.7. The van der Waals surface area contributed by atoms with Crippen LogP contribution in [0.1, 0.15) is 169 Å². The molecule has 9 aliphatic rings. The smallest absolute Gasteiger partial charge is 0.343 e. The van der Waals surface area contributed by atoms with Crippen LogP contribution in [-0.2, 0) is 71.2 Å². The molecule has 5 fully saturated rings. The molecule has 20 atom stereocenters. The van der Waals surface area contributed by atoms with Crippen molar-refractivity contribution in [3.05, 3.63) is 99.4 Å². The van der Waals surface area contributed by atoms with Gasteiger partial charge in [-0.3, -0.25) is 9.59 Å². The molecule has 7 heterocycles. The number of allylic oxidation sites excluding steroid dienone is 2. The van der Waals surface area contributed by atoms with Gasteiger partial charge in [-0.15, -0.1) is 0 Å². The van der Waals surface area contributed by atoms with E-state index in [-0.39, 0.29) is 60.0 Å². The SMILES string of the molecule is CC[C@H](C)[C@H]1O[C@]2(C=C[C@@H]1C)C[C@@H]1C[C@@H](C/C=C(\C)[C@@H](O[C@H]3C[C@H](OC)[C@@H](O[C@H]4C[C@H](OC)[C@@H](O)[C@H](C)O4)[C@H](C)O3)[C@@H](C)/C=C/C=C3\CO[C@@H]4[C@H](O)C(C)=C[C@@H](C(=O)O1)[C@]34O)O2.Cc1cc(C)c(C2=C(OC(=O)CC(C)(C)C)C3(CCCC3)OC2=O)c(C)c1. The maximum atomic E-state index is 14.3. The molecule has 2 bridgehead atoms. The summed E-state index contributed by atoms with van der Waals surface area (Å²) in [5.74, 6) is -2.80. The Balaban J connectivity index is 0.000000290. The average molecular weight is 1240 g/mol. The maximum Gasteiger partial charge on any atom is 0.343 e. The van der Waals surface area contributed by atoms with Crippen molar-refractivity contribution in [3.8, 4) is 0 Å². The fourth-order valence-electron chi connectivity index (χ4n) is 14.9. The first-order valence-corrected chi connectivity index (χ1v) is 32.7. The molecule has 0 aromatic heterocycles. The van der Waals surface area contributed by atoms with Gasteiger partial charge in [0.05, 0.1) is 55.8 Å². The van der Waals surface area contributed by atoms with Crippen molar-refractivity contribution in [2.75, 3.05) is 20.8 Å². The Hall–Kier alpha value is -4.41. The summed E-state index contributed by atoms with van der Waals surface area (Å²) in [6.07, 6.45) is 12.2. The molecule has 494 valence electrons. The average Bonchev–Trinajstić information content (AvgIpc) is 1.68. The Morgan fingerprint density at radius 3 is 2.16 bits per heavy atom. The second kappa shape index (κ2) is 28.0. The third-order valence-corrected chi connectivity index (χ3v) is 19.9. The van der Waals surface area contributed by atoms with Gasteiger partial charge in [0, 0.05) is 51.7 Å². The number of aryl methyl sites for hydroxylation is 3. The number of carbonyl (C=O) groups excluding carboxylic acids is 3. The molecule has 7 aliphatic heterocycles. The van der Waals surface area contributed by atoms with E-state index in [9.17, 15) is 29.7 Å². The van der Waals surface area contributed by atoms with Crippen molar-refractivity contribution in [1.82, 2.24) is 0 Å². The lowest BCUT2D eigenvalue weighted by molar-refractivity contribution is -0.318. The highest BCUT2D eigenvalue weighted by atomic mass is 16.7. The van der Waals surface area contributed by atoms with E-state index < -0.39 is 96.4 Å². The van der Waals surface area contributed by atoms with Crippen LogP contribution in [0.3, 0.4) is 0 Å². The molecule has 1 aromatic rings. The minimum Gasteiger partial charge on any atom is -0.462 e. The molecule has 10 rings (SSSR count). The van der Waals surface area contributed by atoms with E-state index in [1.807, 2.05) is 73.6 Å². The molecule has 4 saturated heterocycles. The lowest BCUT2D eigenvalue weighted by Gasteiger charge is -2.48. The van der Waals surface area contributed by atoms with Crippen LogP contribution in [0.25, 0.3) is 5.57 Å². The van der Waals surface area contributed by atoms with Gasteiger partial charge in [0.25, 0.3) is 0 Å². The largest absolute Gasteiger partial charge is 0.462 e. The summed E-state index contributed by atoms with van der Waals surface area (Å²) in [4.78, 5) is 39.9. The number of aliphatic hydroxyl groups is 3. The van der Waals surface area contributed by atoms with E-state index in [0.29, 0.717) is 73.8 Å². The summed E-state index contributed by atoms with van der Waals surface area (Å²) < 4.78 is 75.4. The molecule has 2 spiro atoms. The van der Waals surface area contributed by atoms with Crippen molar-refractivity contribution in [2.24, 2.45) is 29.1 Å². The first-order chi connectivity index (χ1) is 42.0. The van der Waals surface area contributed by atoms with Crippen LogP contribution in [0.15, 0.2) is 77.1 Å². The van der Waals surface area contributed by atoms with Gasteiger partial charge in [0.1, 0.15) is 47.6 Å². The Morgan fingerprint density at radius 2 is 1.49 bits per heavy atom. The Bertz CT molecular complexity index is 2880. The van der Waals surface area contributed by atoms with Gasteiger partial charge >= 0.3 is 17.9 Å². The topological polar surface area (TPSA) is 223 Å². The fourth-order valence-corrected chi connectivity index (χ4v) is 14.9. The highest BCUT2D eigenvalue weighted by molar-refractivity contribution is 6.21. The molecule has 2 aliphatic carbocycles. The van der Waals surface area contributed by atoms with E-state index in [2.05, 4.69) is 52.0 Å². The third-order valence-electron chi connectivity index (χ3n) is 19.9. The summed E-state index contributed by atoms with van der Waals surface area (Å²) in [5.41, 5.74) is 3.60. The Labute approximate surface area is 527 Å². The zero-order valence-corrected chi connectivity index (χ0v) is 55.5. The van der Waals surface area contributed by atoms with Gasteiger partial charge in [0.15, 0.2) is 29.7 Å². The number of hydrogen-bond acceptors (Lipinski definition) is 18. The second-order valence-corrected chi connectivity index (χ2v) is 28.2. The number of ether oxygens (including phenoxy) is 12. The van der Waals surface area contributed by atoms with Gasteiger partial charge in [-0.1, -0.05) is 109 Å². The Kier molecular flexibility index (Phi) is 21.7. The van der Waals surface area contributed by atoms with Crippen molar-refractivity contribution in [1.29, 1.82) is 0 Å². The third kappa shape index (κ3) is 14.8. The van der Waals surface area contributed by atoms with Crippen LogP contribution in [0.2, 0.25) is 0 Å². The van der Waals surface area contributed by atoms with E-state index in [4.69, 9.17) is 56.8 Å². The summed E-state index contributed by atoms with van der Waals surface area (Å²) in [5, 5.41) is 34.2. The fraction of sp³-hybridized carbons (Fsp3) is 0.704. The highest BCUT2D eigenvalue weighted by Crippen LogP contribution is 2.51. The van der Waals surface area contributed by atoms with Crippen LogP contribution in [0, 0.1) is 49.9 Å². The van der Waals surface area contributed by atoms with Crippen LogP contribution in [0.5, 0.6) is 0 Å². The summed E-state index contributed by atoms with van der Waals surface area (Å²) in [6, 6.07) is 4.10. The van der Waals surface area contributed by atoms with E-state index in [1.165, 1.54) is 0 Å². The Morgan fingerprint density at radius 1 is 0.831 bits per heavy atom. The molecular formula is C71H102O18. The first-order valence-electron chi connectivity index (χ1n) is 32.7. The number of carbonyl (C=O) groups is 3. The standard InChI is InChI=1S/C48H72O14.C23H30O4/c1-11-25(2)43-28(5)17-18-47(62-43)23-34-20-33(61-47)16-15-27(4)42(26(3)13-12-14-32-24-55-45-40(49)29(6)19-35(46(51)58-34)48(32,45)52)59-39-22-37(54-10)44(31(8)57-39)60-38-21-36(53-9)41(50)30(7)56-38;1-14-11-15(2)18(16(3)12-14)19-20(26-17(24)13-22(4,5)6)23(27-21(19)25)9-7-8-10-23/h12-15,17-19,25-26,28,30-31,33-45,49-50,52H,11,16,20-24H2,1-10H3;11-12H,7-10,13H2,1-6H3/b13-12+,27-15+,32-14+;/t25-,26-,28-,30-,31-,33+,34-,35-,36-,37-,38-,39-,40+,41-,42-,43+,44-,45+,47+,48+;/m0./s1. The number of benzene rings is 1. The first kappa shape index (κ1) is 68.9. The van der Waals surface area contributed by atoms with Crippen LogP contribution >= 0.6 is 0 Å². The molecule has 18 nitrogen and oxygen atoms in total. The van der Waals surface area contributed by atoms with Crippen LogP contribution in [-0.4, -0.2) is 157 Å². The second-order valence-electron chi connectivity index (χ2n) is 28.2. The zero-order valence-electron chi connectivity index (χ0n) is 55.5. The lowest BCUT2D eigenvalue weighted by Crippen LogP contribution is -2.58. The summed E-state index contributed by atoms with van der Waals surface area (Å²) in [6.45, 7) is 28.1.